The van der Waals surface area contributed by atoms with Gasteiger partial charge in [-0.2, -0.15) is 0 Å². The summed E-state index contributed by atoms with van der Waals surface area (Å²) in [5, 5.41) is 26.2. The number of carboxylic acid groups (broad SMARTS) is 1. The predicted molar refractivity (Wildman–Crippen MR) is 178 cm³/mol. The minimum Gasteiger partial charge on any atom is -0.496 e. The Kier molecular flexibility index (Phi) is 11.8. The Morgan fingerprint density at radius 1 is 1.02 bits per heavy atom. The van der Waals surface area contributed by atoms with Gasteiger partial charge >= 0.3 is 12.1 Å². The Hall–Kier alpha value is -5.52. The van der Waals surface area contributed by atoms with Gasteiger partial charge in [0.2, 0.25) is 0 Å². The number of hydrogen-bond donors (Lipinski definition) is 5. The second-order valence-corrected chi connectivity index (χ2v) is 11.1. The van der Waals surface area contributed by atoms with Crippen LogP contribution in [0.1, 0.15) is 87.9 Å². The summed E-state index contributed by atoms with van der Waals surface area (Å²) in [6.07, 6.45) is 6.73. The van der Waals surface area contributed by atoms with Crippen molar-refractivity contribution in [2.24, 2.45) is 5.92 Å². The SMILES string of the molecule is C=Cc1cc(C(=O)Nc2ccc(C(=N)NC(=O)OCCCCCC)cc2)c(-c2ccc(C(=O)NCC3CC3)nc2C(=O)O)cc1OC. The molecule has 0 radical (unpaired) electrons. The van der Waals surface area contributed by atoms with E-state index < -0.39 is 29.6 Å². The monoisotopic (exact) mass is 641 g/mol. The van der Waals surface area contributed by atoms with Crippen molar-refractivity contribution in [1.82, 2.24) is 15.6 Å². The first-order valence-corrected chi connectivity index (χ1v) is 15.5. The zero-order valence-corrected chi connectivity index (χ0v) is 26.5. The molecule has 1 aliphatic carbocycles. The zero-order valence-electron chi connectivity index (χ0n) is 26.5. The van der Waals surface area contributed by atoms with E-state index in [0.717, 1.165) is 38.5 Å². The molecule has 3 aromatic rings. The average Bonchev–Trinajstić information content (AvgIpc) is 3.91. The third-order valence-electron chi connectivity index (χ3n) is 7.59. The molecule has 1 heterocycles. The van der Waals surface area contributed by atoms with Gasteiger partial charge in [0, 0.05) is 40.0 Å². The molecule has 12 nitrogen and oxygen atoms in total. The number of nitrogens with zero attached hydrogens (tertiary/aromatic N) is 1. The fourth-order valence-corrected chi connectivity index (χ4v) is 4.78. The van der Waals surface area contributed by atoms with E-state index in [2.05, 4.69) is 34.4 Å². The third kappa shape index (κ3) is 9.25. The largest absolute Gasteiger partial charge is 0.496 e. The maximum Gasteiger partial charge on any atom is 0.412 e. The van der Waals surface area contributed by atoms with Crippen LogP contribution in [0, 0.1) is 11.3 Å². The van der Waals surface area contributed by atoms with Gasteiger partial charge in [-0.05, 0) is 73.7 Å². The first kappa shape index (κ1) is 34.4. The van der Waals surface area contributed by atoms with E-state index in [1.807, 2.05) is 0 Å². The number of anilines is 1. The van der Waals surface area contributed by atoms with Crippen LogP contribution in [0.5, 0.6) is 5.75 Å². The lowest BCUT2D eigenvalue weighted by atomic mass is 9.94. The van der Waals surface area contributed by atoms with Gasteiger partial charge in [0.15, 0.2) is 5.69 Å². The summed E-state index contributed by atoms with van der Waals surface area (Å²) in [6.45, 7) is 6.65. The van der Waals surface area contributed by atoms with Gasteiger partial charge in [0.25, 0.3) is 11.8 Å². The van der Waals surface area contributed by atoms with Gasteiger partial charge in [0.05, 0.1) is 13.7 Å². The van der Waals surface area contributed by atoms with E-state index in [9.17, 15) is 24.3 Å². The predicted octanol–water partition coefficient (Wildman–Crippen LogP) is 6.12. The molecule has 4 rings (SSSR count). The highest BCUT2D eigenvalue weighted by Gasteiger charge is 2.25. The van der Waals surface area contributed by atoms with Crippen molar-refractivity contribution in [3.63, 3.8) is 0 Å². The fraction of sp³-hybridized carbons (Fsp3) is 0.314. The first-order valence-electron chi connectivity index (χ1n) is 15.5. The second-order valence-electron chi connectivity index (χ2n) is 11.1. The minimum absolute atomic E-state index is 0.0483. The number of rotatable bonds is 15. The summed E-state index contributed by atoms with van der Waals surface area (Å²) in [5.41, 5.74) is 1.26. The molecule has 2 aromatic carbocycles. The number of hydrogen-bond acceptors (Lipinski definition) is 8. The maximum atomic E-state index is 13.7. The van der Waals surface area contributed by atoms with Crippen LogP contribution in [0.25, 0.3) is 17.2 Å². The Balaban J connectivity index is 1.55. The van der Waals surface area contributed by atoms with Gasteiger partial charge in [-0.15, -0.1) is 0 Å². The van der Waals surface area contributed by atoms with E-state index in [0.29, 0.717) is 35.0 Å². The molecule has 246 valence electrons. The highest BCUT2D eigenvalue weighted by molar-refractivity contribution is 6.11. The van der Waals surface area contributed by atoms with Crippen molar-refractivity contribution in [1.29, 1.82) is 5.41 Å². The van der Waals surface area contributed by atoms with E-state index >= 15 is 0 Å². The molecule has 3 amide bonds. The number of alkyl carbamates (subject to hydrolysis) is 1. The van der Waals surface area contributed by atoms with Crippen molar-refractivity contribution in [2.75, 3.05) is 25.6 Å². The Labute approximate surface area is 273 Å². The quantitative estimate of drug-likeness (QED) is 0.0747. The second kappa shape index (κ2) is 16.2. The van der Waals surface area contributed by atoms with Gasteiger partial charge in [0.1, 0.15) is 17.3 Å². The van der Waals surface area contributed by atoms with Crippen molar-refractivity contribution in [3.05, 3.63) is 83.2 Å². The summed E-state index contributed by atoms with van der Waals surface area (Å²) in [7, 11) is 1.44. The number of amidine groups is 1. The summed E-state index contributed by atoms with van der Waals surface area (Å²) in [5.74, 6) is -1.79. The van der Waals surface area contributed by atoms with Crippen molar-refractivity contribution in [3.8, 4) is 16.9 Å². The van der Waals surface area contributed by atoms with Crippen LogP contribution in [0.4, 0.5) is 10.5 Å². The van der Waals surface area contributed by atoms with E-state index in [4.69, 9.17) is 14.9 Å². The van der Waals surface area contributed by atoms with Crippen LogP contribution in [0.3, 0.4) is 0 Å². The lowest BCUT2D eigenvalue weighted by Gasteiger charge is -2.16. The maximum absolute atomic E-state index is 13.7. The van der Waals surface area contributed by atoms with Crippen LogP contribution < -0.4 is 20.7 Å². The van der Waals surface area contributed by atoms with Crippen molar-refractivity contribution >= 4 is 41.5 Å². The number of aromatic nitrogens is 1. The molecule has 5 N–H and O–H groups in total. The van der Waals surface area contributed by atoms with Gasteiger partial charge in [-0.25, -0.2) is 14.6 Å². The summed E-state index contributed by atoms with van der Waals surface area (Å²) in [4.78, 5) is 54.9. The normalized spacial score (nSPS) is 12.0. The fourth-order valence-electron chi connectivity index (χ4n) is 4.78. The van der Waals surface area contributed by atoms with Gasteiger partial charge in [-0.3, -0.25) is 20.3 Å². The van der Waals surface area contributed by atoms with Crippen molar-refractivity contribution in [2.45, 2.75) is 45.4 Å². The number of benzene rings is 2. The van der Waals surface area contributed by atoms with Crippen LogP contribution in [0.2, 0.25) is 0 Å². The Bertz CT molecular complexity index is 1670. The topological polar surface area (TPSA) is 180 Å². The number of aromatic carboxylic acids is 1. The molecule has 0 aliphatic heterocycles. The summed E-state index contributed by atoms with van der Waals surface area (Å²) < 4.78 is 10.6. The molecule has 1 aliphatic rings. The van der Waals surface area contributed by atoms with Crippen LogP contribution in [0.15, 0.2) is 55.1 Å². The molecule has 1 aromatic heterocycles. The molecular weight excluding hydrogens is 602 g/mol. The number of ether oxygens (including phenoxy) is 2. The van der Waals surface area contributed by atoms with Crippen molar-refractivity contribution < 1.29 is 33.8 Å². The van der Waals surface area contributed by atoms with Gasteiger partial charge in [-0.1, -0.05) is 38.8 Å². The van der Waals surface area contributed by atoms with Crippen LogP contribution in [-0.2, 0) is 4.74 Å². The number of carbonyl (C=O) groups is 4. The highest BCUT2D eigenvalue weighted by Crippen LogP contribution is 2.34. The van der Waals surface area contributed by atoms with Gasteiger partial charge < -0.3 is 25.2 Å². The molecule has 0 unspecified atom stereocenters. The molecule has 0 spiro atoms. The average molecular weight is 642 g/mol. The number of pyridine rings is 1. The number of amides is 3. The van der Waals surface area contributed by atoms with E-state index in [1.54, 1.807) is 24.3 Å². The molecule has 0 atom stereocenters. The lowest BCUT2D eigenvalue weighted by Crippen LogP contribution is -2.31. The van der Waals surface area contributed by atoms with E-state index in [-0.39, 0.29) is 34.8 Å². The Morgan fingerprint density at radius 2 is 1.77 bits per heavy atom. The molecule has 12 heteroatoms. The zero-order chi connectivity index (χ0) is 33.9. The molecular formula is C35H39N5O7. The minimum atomic E-state index is -1.37. The molecule has 1 fully saturated rings. The standard InChI is InChI=1S/C35H39N5O7/c1-4-6-7-8-17-47-35(45)40-31(36)23-11-13-24(14-12-23)38-32(41)27-18-22(5-2)29(46-3)19-26(27)25-15-16-28(39-30(25)34(43)44)33(42)37-20-21-9-10-21/h5,11-16,18-19,21H,2,4,6-10,17,20H2,1,3H3,(H,37,42)(H,38,41)(H,43,44)(H2,36,40,45). The smallest absolute Gasteiger partial charge is 0.412 e. The number of unbranched alkanes of at least 4 members (excludes halogenated alkanes) is 3. The number of carbonyl (C=O) groups excluding carboxylic acids is 3. The number of carboxylic acids is 1. The summed E-state index contributed by atoms with van der Waals surface area (Å²) in [6, 6.07) is 12.2. The molecule has 0 bridgehead atoms. The molecule has 0 saturated heterocycles. The summed E-state index contributed by atoms with van der Waals surface area (Å²) >= 11 is 0. The number of methoxy groups -OCH3 is 1. The molecule has 1 saturated carbocycles. The lowest BCUT2D eigenvalue weighted by molar-refractivity contribution is 0.0690. The Morgan fingerprint density at radius 3 is 2.40 bits per heavy atom. The molecule has 47 heavy (non-hydrogen) atoms. The van der Waals surface area contributed by atoms with Crippen LogP contribution >= 0.6 is 0 Å². The number of nitrogens with one attached hydrogen (secondary N) is 4. The highest BCUT2D eigenvalue weighted by atomic mass is 16.5. The van der Waals surface area contributed by atoms with Crippen LogP contribution in [-0.4, -0.2) is 60.1 Å². The van der Waals surface area contributed by atoms with E-state index in [1.165, 1.54) is 37.5 Å². The third-order valence-corrected chi connectivity index (χ3v) is 7.59. The first-order chi connectivity index (χ1) is 22.6.